The summed E-state index contributed by atoms with van der Waals surface area (Å²) in [7, 11) is 0. The molecule has 0 bridgehead atoms. The van der Waals surface area contributed by atoms with E-state index in [4.69, 9.17) is 0 Å². The molecule has 142 valence electrons. The molecule has 0 saturated carbocycles. The summed E-state index contributed by atoms with van der Waals surface area (Å²) in [5.74, 6) is 0.770. The number of hydrogen-bond donors (Lipinski definition) is 2. The van der Waals surface area contributed by atoms with Gasteiger partial charge in [-0.15, -0.1) is 0 Å². The molecule has 4 heterocycles. The Morgan fingerprint density at radius 2 is 1.82 bits per heavy atom. The summed E-state index contributed by atoms with van der Waals surface area (Å²) in [6.45, 7) is 4.56. The molecule has 0 aliphatic carbocycles. The van der Waals surface area contributed by atoms with E-state index in [0.29, 0.717) is 6.54 Å². The van der Waals surface area contributed by atoms with E-state index in [1.54, 1.807) is 11.1 Å². The Kier molecular flexibility index (Phi) is 4.29. The average molecular weight is 374 g/mol. The van der Waals surface area contributed by atoms with Gasteiger partial charge in [-0.25, -0.2) is 9.78 Å². The number of hydrogen-bond acceptors (Lipinski definition) is 5. The summed E-state index contributed by atoms with van der Waals surface area (Å²) in [4.78, 5) is 26.1. The number of pyridine rings is 2. The van der Waals surface area contributed by atoms with Crippen LogP contribution in [0.1, 0.15) is 5.56 Å². The van der Waals surface area contributed by atoms with Crippen LogP contribution in [-0.4, -0.2) is 48.7 Å². The zero-order valence-corrected chi connectivity index (χ0v) is 15.6. The second-order valence-corrected chi connectivity index (χ2v) is 7.08. The highest BCUT2D eigenvalue weighted by molar-refractivity contribution is 6.07. The van der Waals surface area contributed by atoms with Crippen LogP contribution < -0.4 is 20.4 Å². The maximum Gasteiger partial charge on any atom is 0.327 e. The van der Waals surface area contributed by atoms with Gasteiger partial charge in [0.2, 0.25) is 0 Å². The molecule has 2 aliphatic rings. The fraction of sp³-hybridized carbons (Fsp3) is 0.286. The fourth-order valence-electron chi connectivity index (χ4n) is 4.06. The van der Waals surface area contributed by atoms with Gasteiger partial charge >= 0.3 is 6.03 Å². The third kappa shape index (κ3) is 2.93. The Bertz CT molecular complexity index is 1030. The van der Waals surface area contributed by atoms with Crippen molar-refractivity contribution in [1.29, 1.82) is 0 Å². The molecule has 1 fully saturated rings. The predicted molar refractivity (Wildman–Crippen MR) is 111 cm³/mol. The lowest BCUT2D eigenvalue weighted by Crippen LogP contribution is -2.43. The first kappa shape index (κ1) is 16.9. The highest BCUT2D eigenvalue weighted by atomic mass is 16.2. The molecule has 1 saturated heterocycles. The van der Waals surface area contributed by atoms with Crippen molar-refractivity contribution in [3.63, 3.8) is 0 Å². The normalized spacial score (nSPS) is 16.3. The van der Waals surface area contributed by atoms with E-state index in [-0.39, 0.29) is 6.03 Å². The maximum atomic E-state index is 13.0. The van der Waals surface area contributed by atoms with E-state index in [2.05, 4.69) is 31.6 Å². The monoisotopic (exact) mass is 374 g/mol. The molecule has 2 N–H and O–H groups in total. The topological polar surface area (TPSA) is 73.4 Å². The summed E-state index contributed by atoms with van der Waals surface area (Å²) >= 11 is 0. The van der Waals surface area contributed by atoms with Crippen molar-refractivity contribution in [2.45, 2.75) is 6.42 Å². The van der Waals surface area contributed by atoms with Crippen LogP contribution in [0.25, 0.3) is 10.9 Å². The van der Waals surface area contributed by atoms with E-state index in [0.717, 1.165) is 55.0 Å². The van der Waals surface area contributed by atoms with Crippen LogP contribution in [0.2, 0.25) is 0 Å². The van der Waals surface area contributed by atoms with Crippen molar-refractivity contribution < 1.29 is 4.79 Å². The Labute approximate surface area is 163 Å². The zero-order valence-electron chi connectivity index (χ0n) is 15.6. The summed E-state index contributed by atoms with van der Waals surface area (Å²) in [5, 5.41) is 7.37. The summed E-state index contributed by atoms with van der Waals surface area (Å²) in [6.07, 6.45) is 4.35. The Morgan fingerprint density at radius 3 is 2.71 bits per heavy atom. The van der Waals surface area contributed by atoms with Gasteiger partial charge in [-0.2, -0.15) is 0 Å². The van der Waals surface area contributed by atoms with Crippen LogP contribution in [0.15, 0.2) is 48.8 Å². The third-order valence-corrected chi connectivity index (χ3v) is 5.44. The van der Waals surface area contributed by atoms with E-state index < -0.39 is 0 Å². The van der Waals surface area contributed by atoms with Crippen LogP contribution in [0.3, 0.4) is 0 Å². The molecule has 2 aromatic heterocycles. The molecule has 0 unspecified atom stereocenters. The number of carbonyl (C=O) groups is 1. The van der Waals surface area contributed by atoms with Crippen molar-refractivity contribution in [3.05, 3.63) is 54.4 Å². The number of amides is 2. The number of anilines is 3. The summed E-state index contributed by atoms with van der Waals surface area (Å²) < 4.78 is 0. The predicted octanol–water partition coefficient (Wildman–Crippen LogP) is 2.63. The lowest BCUT2D eigenvalue weighted by Gasteiger charge is -2.31. The van der Waals surface area contributed by atoms with Crippen molar-refractivity contribution in [2.75, 3.05) is 47.8 Å². The van der Waals surface area contributed by atoms with Gasteiger partial charge in [0, 0.05) is 61.8 Å². The van der Waals surface area contributed by atoms with E-state index in [9.17, 15) is 4.79 Å². The van der Waals surface area contributed by atoms with Gasteiger partial charge in [-0.1, -0.05) is 18.2 Å². The molecule has 28 heavy (non-hydrogen) atoms. The molecule has 1 aromatic carbocycles. The summed E-state index contributed by atoms with van der Waals surface area (Å²) in [5.41, 5.74) is 4.00. The largest absolute Gasteiger partial charge is 0.369 e. The molecular weight excluding hydrogens is 352 g/mol. The fourth-order valence-corrected chi connectivity index (χ4v) is 4.06. The lowest BCUT2D eigenvalue weighted by atomic mass is 10.1. The number of carbonyl (C=O) groups excluding carboxylic acids is 1. The lowest BCUT2D eigenvalue weighted by molar-refractivity contribution is 0.257. The Morgan fingerprint density at radius 1 is 1.00 bits per heavy atom. The first-order valence-electron chi connectivity index (χ1n) is 9.67. The molecule has 2 aliphatic heterocycles. The Hall–Kier alpha value is -3.19. The van der Waals surface area contributed by atoms with Gasteiger partial charge in [0.15, 0.2) is 0 Å². The number of nitrogens with zero attached hydrogens (tertiary/aromatic N) is 4. The van der Waals surface area contributed by atoms with Gasteiger partial charge in [-0.05, 0) is 24.6 Å². The van der Waals surface area contributed by atoms with Crippen molar-refractivity contribution in [1.82, 2.24) is 15.3 Å². The second-order valence-electron chi connectivity index (χ2n) is 7.08. The minimum absolute atomic E-state index is 0.153. The highest BCUT2D eigenvalue weighted by Gasteiger charge is 2.30. The zero-order chi connectivity index (χ0) is 18.9. The quantitative estimate of drug-likeness (QED) is 0.721. The molecule has 5 rings (SSSR count). The number of benzene rings is 1. The van der Waals surface area contributed by atoms with Crippen LogP contribution in [0.5, 0.6) is 0 Å². The molecule has 0 atom stereocenters. The van der Waals surface area contributed by atoms with E-state index in [1.165, 1.54) is 11.3 Å². The maximum absolute atomic E-state index is 13.0. The smallest absolute Gasteiger partial charge is 0.327 e. The molecule has 0 radical (unpaired) electrons. The minimum atomic E-state index is -0.153. The number of rotatable bonds is 2. The molecule has 7 heteroatoms. The number of para-hydroxylation sites is 1. The van der Waals surface area contributed by atoms with Gasteiger partial charge < -0.3 is 15.5 Å². The number of urea groups is 1. The molecule has 7 nitrogen and oxygen atoms in total. The van der Waals surface area contributed by atoms with Crippen LogP contribution in [-0.2, 0) is 6.42 Å². The third-order valence-electron chi connectivity index (χ3n) is 5.44. The van der Waals surface area contributed by atoms with Crippen molar-refractivity contribution in [2.24, 2.45) is 0 Å². The van der Waals surface area contributed by atoms with Gasteiger partial charge in [0.25, 0.3) is 0 Å². The van der Waals surface area contributed by atoms with Gasteiger partial charge in [0.1, 0.15) is 5.82 Å². The summed E-state index contributed by atoms with van der Waals surface area (Å²) in [6, 6.07) is 11.6. The van der Waals surface area contributed by atoms with Gasteiger partial charge in [0.05, 0.1) is 11.2 Å². The highest BCUT2D eigenvalue weighted by Crippen LogP contribution is 2.34. The van der Waals surface area contributed by atoms with Crippen LogP contribution in [0, 0.1) is 0 Å². The minimum Gasteiger partial charge on any atom is -0.369 e. The molecule has 2 amide bonds. The molecular formula is C21H22N6O. The molecule has 0 spiro atoms. The molecule has 3 aromatic rings. The van der Waals surface area contributed by atoms with Crippen LogP contribution in [0.4, 0.5) is 22.0 Å². The number of aromatic nitrogens is 2. The van der Waals surface area contributed by atoms with E-state index in [1.807, 2.05) is 36.5 Å². The second kappa shape index (κ2) is 7.09. The first-order chi connectivity index (χ1) is 13.8. The first-order valence-corrected chi connectivity index (χ1v) is 9.67. The van der Waals surface area contributed by atoms with Crippen molar-refractivity contribution in [3.8, 4) is 0 Å². The standard InChI is InChI=1S/C21H22N6O/c28-21(25-18-5-8-23-17-4-2-1-3-15(17)18)27-12-7-16-19(6-9-24-20(16)27)26-13-10-22-11-14-26/h1-6,8-9,22H,7,10-14H2,(H,23,25,28). The van der Waals surface area contributed by atoms with E-state index >= 15 is 0 Å². The Balaban J connectivity index is 1.42. The van der Waals surface area contributed by atoms with Crippen LogP contribution >= 0.6 is 0 Å². The SMILES string of the molecule is O=C(Nc1ccnc2ccccc12)N1CCc2c(N3CCNCC3)ccnc21. The number of fused-ring (bicyclic) bond motifs is 2. The average Bonchev–Trinajstić information content (AvgIpc) is 3.19. The number of nitrogens with one attached hydrogen (secondary N) is 2. The number of piperazine rings is 1. The van der Waals surface area contributed by atoms with Crippen molar-refractivity contribution >= 4 is 34.1 Å². The van der Waals surface area contributed by atoms with Gasteiger partial charge in [-0.3, -0.25) is 9.88 Å².